The summed E-state index contributed by atoms with van der Waals surface area (Å²) in [6.45, 7) is 2.73. The van der Waals surface area contributed by atoms with E-state index in [2.05, 4.69) is 24.4 Å². The van der Waals surface area contributed by atoms with Gasteiger partial charge in [-0.25, -0.2) is 0 Å². The summed E-state index contributed by atoms with van der Waals surface area (Å²) < 4.78 is 0. The molecule has 1 aromatic rings. The van der Waals surface area contributed by atoms with Gasteiger partial charge in [0.2, 0.25) is 5.91 Å². The lowest BCUT2D eigenvalue weighted by Crippen LogP contribution is -2.33. The Morgan fingerprint density at radius 3 is 2.70 bits per heavy atom. The minimum absolute atomic E-state index is 0.0970. The molecular formula is C17H25NO2. The van der Waals surface area contributed by atoms with Crippen LogP contribution in [0.2, 0.25) is 0 Å². The average molecular weight is 275 g/mol. The van der Waals surface area contributed by atoms with Crippen molar-refractivity contribution in [2.75, 3.05) is 6.54 Å². The molecule has 1 aliphatic carbocycles. The second kappa shape index (κ2) is 7.44. The van der Waals surface area contributed by atoms with E-state index in [9.17, 15) is 9.90 Å². The first kappa shape index (κ1) is 15.0. The predicted octanol–water partition coefficient (Wildman–Crippen LogP) is 2.85. The Kier molecular flexibility index (Phi) is 5.60. The zero-order chi connectivity index (χ0) is 14.4. The van der Waals surface area contributed by atoms with E-state index in [4.69, 9.17) is 0 Å². The van der Waals surface area contributed by atoms with Gasteiger partial charge in [0.25, 0.3) is 0 Å². The summed E-state index contributed by atoms with van der Waals surface area (Å²) in [4.78, 5) is 12.1. The lowest BCUT2D eigenvalue weighted by Gasteiger charge is -2.18. The van der Waals surface area contributed by atoms with Gasteiger partial charge in [0.1, 0.15) is 0 Å². The second-order valence-electron chi connectivity index (χ2n) is 5.78. The molecule has 1 aliphatic rings. The molecule has 0 heterocycles. The molecule has 1 saturated carbocycles. The minimum Gasteiger partial charge on any atom is -0.393 e. The van der Waals surface area contributed by atoms with Gasteiger partial charge in [-0.3, -0.25) is 4.79 Å². The SMILES string of the molecule is CC[C@H](CC(=O)NC[C@H]1CCC[C@@H]1O)c1ccccc1. The highest BCUT2D eigenvalue weighted by atomic mass is 16.3. The molecule has 3 nitrogen and oxygen atoms in total. The van der Waals surface area contributed by atoms with Gasteiger partial charge in [-0.05, 0) is 30.7 Å². The fraction of sp³-hybridized carbons (Fsp3) is 0.588. The third-order valence-electron chi connectivity index (χ3n) is 4.38. The highest BCUT2D eigenvalue weighted by Gasteiger charge is 2.25. The van der Waals surface area contributed by atoms with E-state index in [0.717, 1.165) is 25.7 Å². The smallest absolute Gasteiger partial charge is 0.220 e. The van der Waals surface area contributed by atoms with Crippen molar-refractivity contribution in [3.63, 3.8) is 0 Å². The maximum absolute atomic E-state index is 12.1. The Balaban J connectivity index is 1.80. The quantitative estimate of drug-likeness (QED) is 0.838. The van der Waals surface area contributed by atoms with Crippen molar-refractivity contribution in [1.82, 2.24) is 5.32 Å². The number of rotatable bonds is 6. The topological polar surface area (TPSA) is 49.3 Å². The number of benzene rings is 1. The zero-order valence-electron chi connectivity index (χ0n) is 12.2. The molecule has 0 aliphatic heterocycles. The monoisotopic (exact) mass is 275 g/mol. The maximum Gasteiger partial charge on any atom is 0.220 e. The van der Waals surface area contributed by atoms with Gasteiger partial charge in [-0.2, -0.15) is 0 Å². The number of carbonyl (C=O) groups excluding carboxylic acids is 1. The van der Waals surface area contributed by atoms with Crippen LogP contribution in [-0.2, 0) is 4.79 Å². The van der Waals surface area contributed by atoms with E-state index < -0.39 is 0 Å². The number of hydrogen-bond donors (Lipinski definition) is 2. The summed E-state index contributed by atoms with van der Waals surface area (Å²) >= 11 is 0. The molecular weight excluding hydrogens is 250 g/mol. The molecule has 1 fully saturated rings. The molecule has 2 rings (SSSR count). The van der Waals surface area contributed by atoms with Gasteiger partial charge in [0.15, 0.2) is 0 Å². The van der Waals surface area contributed by atoms with Crippen LogP contribution < -0.4 is 5.32 Å². The summed E-state index contributed by atoms with van der Waals surface area (Å²) in [5.74, 6) is 0.625. The van der Waals surface area contributed by atoms with Gasteiger partial charge < -0.3 is 10.4 Å². The van der Waals surface area contributed by atoms with Gasteiger partial charge in [-0.15, -0.1) is 0 Å². The Morgan fingerprint density at radius 1 is 1.35 bits per heavy atom. The molecule has 3 atom stereocenters. The molecule has 1 amide bonds. The van der Waals surface area contributed by atoms with Crippen LogP contribution in [0.5, 0.6) is 0 Å². The highest BCUT2D eigenvalue weighted by molar-refractivity contribution is 5.76. The summed E-state index contributed by atoms with van der Waals surface area (Å²) in [5, 5.41) is 12.7. The zero-order valence-corrected chi connectivity index (χ0v) is 12.2. The maximum atomic E-state index is 12.1. The number of aliphatic hydroxyl groups excluding tert-OH is 1. The standard InChI is InChI=1S/C17H25NO2/c1-2-13(14-7-4-3-5-8-14)11-17(20)18-12-15-9-6-10-16(15)19/h3-5,7-8,13,15-16,19H,2,6,9-12H2,1H3,(H,18,20)/t13-,15-,16+/m1/s1. The lowest BCUT2D eigenvalue weighted by molar-refractivity contribution is -0.121. The molecule has 2 N–H and O–H groups in total. The Hall–Kier alpha value is -1.35. The number of amides is 1. The molecule has 0 bridgehead atoms. The van der Waals surface area contributed by atoms with Crippen molar-refractivity contribution in [2.24, 2.45) is 5.92 Å². The van der Waals surface area contributed by atoms with Crippen LogP contribution >= 0.6 is 0 Å². The predicted molar refractivity (Wildman–Crippen MR) is 80.4 cm³/mol. The Morgan fingerprint density at radius 2 is 2.10 bits per heavy atom. The number of carbonyl (C=O) groups is 1. The third kappa shape index (κ3) is 4.07. The van der Waals surface area contributed by atoms with Gasteiger partial charge >= 0.3 is 0 Å². The number of aliphatic hydroxyl groups is 1. The average Bonchev–Trinajstić information content (AvgIpc) is 2.89. The van der Waals surface area contributed by atoms with E-state index in [1.54, 1.807) is 0 Å². The van der Waals surface area contributed by atoms with Crippen LogP contribution in [0.25, 0.3) is 0 Å². The van der Waals surface area contributed by atoms with Gasteiger partial charge in [0.05, 0.1) is 6.10 Å². The molecule has 0 radical (unpaired) electrons. The van der Waals surface area contributed by atoms with E-state index in [1.807, 2.05) is 18.2 Å². The first-order chi connectivity index (χ1) is 9.70. The lowest BCUT2D eigenvalue weighted by atomic mass is 9.93. The fourth-order valence-corrected chi connectivity index (χ4v) is 3.02. The molecule has 0 unspecified atom stereocenters. The molecule has 0 aromatic heterocycles. The molecule has 0 saturated heterocycles. The highest BCUT2D eigenvalue weighted by Crippen LogP contribution is 2.25. The minimum atomic E-state index is -0.230. The summed E-state index contributed by atoms with van der Waals surface area (Å²) in [5.41, 5.74) is 1.23. The van der Waals surface area contributed by atoms with Crippen molar-refractivity contribution in [2.45, 2.75) is 51.0 Å². The first-order valence-corrected chi connectivity index (χ1v) is 7.70. The number of hydrogen-bond acceptors (Lipinski definition) is 2. The number of nitrogens with one attached hydrogen (secondary N) is 1. The van der Waals surface area contributed by atoms with Crippen LogP contribution in [0.4, 0.5) is 0 Å². The third-order valence-corrected chi connectivity index (χ3v) is 4.38. The van der Waals surface area contributed by atoms with Crippen LogP contribution in [0.1, 0.15) is 50.5 Å². The van der Waals surface area contributed by atoms with Crippen molar-refractivity contribution in [3.05, 3.63) is 35.9 Å². The molecule has 3 heteroatoms. The van der Waals surface area contributed by atoms with Crippen LogP contribution in [0.3, 0.4) is 0 Å². The molecule has 110 valence electrons. The van der Waals surface area contributed by atoms with Crippen LogP contribution in [0.15, 0.2) is 30.3 Å². The molecule has 0 spiro atoms. The van der Waals surface area contributed by atoms with Gasteiger partial charge in [0, 0.05) is 18.9 Å². The van der Waals surface area contributed by atoms with Crippen LogP contribution in [0, 0.1) is 5.92 Å². The van der Waals surface area contributed by atoms with Crippen molar-refractivity contribution in [1.29, 1.82) is 0 Å². The molecule has 20 heavy (non-hydrogen) atoms. The van der Waals surface area contributed by atoms with E-state index >= 15 is 0 Å². The summed E-state index contributed by atoms with van der Waals surface area (Å²) in [6.07, 6.45) is 4.24. The molecule has 1 aromatic carbocycles. The normalized spacial score (nSPS) is 23.5. The van der Waals surface area contributed by atoms with E-state index in [0.29, 0.717) is 13.0 Å². The van der Waals surface area contributed by atoms with Crippen molar-refractivity contribution in [3.8, 4) is 0 Å². The summed E-state index contributed by atoms with van der Waals surface area (Å²) in [6, 6.07) is 10.2. The Bertz CT molecular complexity index is 418. The fourth-order valence-electron chi connectivity index (χ4n) is 3.02. The summed E-state index contributed by atoms with van der Waals surface area (Å²) in [7, 11) is 0. The Labute approximate surface area is 121 Å². The van der Waals surface area contributed by atoms with E-state index in [-0.39, 0.29) is 23.8 Å². The largest absolute Gasteiger partial charge is 0.393 e. The van der Waals surface area contributed by atoms with Crippen molar-refractivity contribution < 1.29 is 9.90 Å². The van der Waals surface area contributed by atoms with Crippen molar-refractivity contribution >= 4 is 5.91 Å². The first-order valence-electron chi connectivity index (χ1n) is 7.70. The van der Waals surface area contributed by atoms with Gasteiger partial charge in [-0.1, -0.05) is 43.7 Å². The van der Waals surface area contributed by atoms with Crippen LogP contribution in [-0.4, -0.2) is 23.7 Å². The second-order valence-corrected chi connectivity index (χ2v) is 5.78. The van der Waals surface area contributed by atoms with E-state index in [1.165, 1.54) is 5.56 Å².